The molecule has 0 radical (unpaired) electrons. The summed E-state index contributed by atoms with van der Waals surface area (Å²) in [5.41, 5.74) is 4.07. The topological polar surface area (TPSA) is 123 Å². The minimum absolute atomic E-state index is 0.0747. The zero-order valence-corrected chi connectivity index (χ0v) is 24.7. The molecule has 0 aliphatic heterocycles. The number of anilines is 1. The number of aliphatic hydroxyl groups is 1. The van der Waals surface area contributed by atoms with Gasteiger partial charge in [-0.3, -0.25) is 9.20 Å². The van der Waals surface area contributed by atoms with Crippen LogP contribution in [0.2, 0.25) is 0 Å². The molecule has 0 bridgehead atoms. The monoisotopic (exact) mass is 596 g/mol. The second-order valence-corrected chi connectivity index (χ2v) is 12.1. The van der Waals surface area contributed by atoms with Gasteiger partial charge >= 0.3 is 12.1 Å². The molecule has 1 fully saturated rings. The summed E-state index contributed by atoms with van der Waals surface area (Å²) in [4.78, 5) is 21.6. The molecule has 0 amide bonds. The second-order valence-electron chi connectivity index (χ2n) is 12.1. The molecule has 43 heavy (non-hydrogen) atoms. The molecule has 3 atom stereocenters. The zero-order valence-electron chi connectivity index (χ0n) is 24.7. The van der Waals surface area contributed by atoms with Crippen LogP contribution in [0.25, 0.3) is 16.8 Å². The van der Waals surface area contributed by atoms with Gasteiger partial charge in [-0.15, -0.1) is 0 Å². The summed E-state index contributed by atoms with van der Waals surface area (Å²) in [5.74, 6) is 0.146. The maximum absolute atomic E-state index is 13.4. The minimum atomic E-state index is -4.56. The Morgan fingerprint density at radius 3 is 2.44 bits per heavy atom. The number of hydrogen-bond acceptors (Lipinski definition) is 6. The second kappa shape index (κ2) is 10.3. The number of nitrogens with zero attached hydrogens (tertiary/aromatic N) is 3. The van der Waals surface area contributed by atoms with Gasteiger partial charge in [0.15, 0.2) is 0 Å². The first-order chi connectivity index (χ1) is 20.0. The summed E-state index contributed by atoms with van der Waals surface area (Å²) >= 11 is 0. The van der Waals surface area contributed by atoms with Crippen molar-refractivity contribution < 1.29 is 32.9 Å². The van der Waals surface area contributed by atoms with Gasteiger partial charge in [-0.05, 0) is 74.4 Å². The van der Waals surface area contributed by atoms with Crippen LogP contribution in [-0.2, 0) is 16.6 Å². The predicted octanol–water partition coefficient (Wildman–Crippen LogP) is 6.65. The van der Waals surface area contributed by atoms with Crippen molar-refractivity contribution >= 4 is 17.3 Å². The highest BCUT2D eigenvalue weighted by molar-refractivity contribution is 5.88. The molecule has 8 nitrogen and oxygen atoms in total. The molecule has 11 heteroatoms. The Bertz CT molecular complexity index is 1710. The van der Waals surface area contributed by atoms with Crippen molar-refractivity contribution in [3.05, 3.63) is 77.4 Å². The number of rotatable bonds is 7. The molecule has 1 aliphatic rings. The minimum Gasteiger partial charge on any atom is -0.493 e. The normalized spacial score (nSPS) is 21.6. The lowest BCUT2D eigenvalue weighted by Crippen LogP contribution is -2.40. The van der Waals surface area contributed by atoms with Crippen LogP contribution in [0.5, 0.6) is 5.75 Å². The first-order valence-electron chi connectivity index (χ1n) is 14.1. The van der Waals surface area contributed by atoms with E-state index >= 15 is 0 Å². The van der Waals surface area contributed by atoms with Gasteiger partial charge in [0.2, 0.25) is 0 Å². The SMILES string of the molecule is CCOc1cc(C(C)(O)c2cccc(C(F)(F)F)c2)ccc1-c1nc([C@@H]2CC[C@](C)(C(=O)O)C2(C)C)n2ccnc(N)c12. The van der Waals surface area contributed by atoms with E-state index in [0.29, 0.717) is 46.8 Å². The number of nitrogen functional groups attached to an aromatic ring is 1. The van der Waals surface area contributed by atoms with E-state index in [1.165, 1.54) is 19.1 Å². The number of aromatic nitrogens is 3. The van der Waals surface area contributed by atoms with Crippen molar-refractivity contribution in [1.82, 2.24) is 14.4 Å². The first kappa shape index (κ1) is 30.3. The van der Waals surface area contributed by atoms with Gasteiger partial charge in [-0.2, -0.15) is 13.2 Å². The number of halogens is 3. The third-order valence-electron chi connectivity index (χ3n) is 9.47. The third kappa shape index (κ3) is 4.79. The highest BCUT2D eigenvalue weighted by atomic mass is 19.4. The van der Waals surface area contributed by atoms with Gasteiger partial charge in [0, 0.05) is 23.9 Å². The van der Waals surface area contributed by atoms with Crippen molar-refractivity contribution in [3.63, 3.8) is 0 Å². The summed E-state index contributed by atoms with van der Waals surface area (Å²) in [7, 11) is 0. The van der Waals surface area contributed by atoms with Gasteiger partial charge < -0.3 is 20.7 Å². The lowest BCUT2D eigenvalue weighted by molar-refractivity contribution is -0.153. The fourth-order valence-electron chi connectivity index (χ4n) is 6.32. The molecule has 2 aromatic heterocycles. The molecule has 1 aliphatic carbocycles. The Morgan fingerprint density at radius 1 is 1.14 bits per heavy atom. The van der Waals surface area contributed by atoms with Gasteiger partial charge in [-0.25, -0.2) is 9.97 Å². The fourth-order valence-corrected chi connectivity index (χ4v) is 6.32. The zero-order chi connectivity index (χ0) is 31.5. The fraction of sp³-hybridized carbons (Fsp3) is 0.406. The number of carbonyl (C=O) groups is 1. The van der Waals surface area contributed by atoms with Crippen molar-refractivity contribution in [1.29, 1.82) is 0 Å². The number of hydrogen-bond donors (Lipinski definition) is 3. The van der Waals surface area contributed by atoms with E-state index in [1.54, 1.807) is 44.4 Å². The van der Waals surface area contributed by atoms with Crippen molar-refractivity contribution in [2.24, 2.45) is 10.8 Å². The number of imidazole rings is 1. The number of nitrogens with two attached hydrogens (primary N) is 1. The van der Waals surface area contributed by atoms with Gasteiger partial charge in [0.1, 0.15) is 34.2 Å². The third-order valence-corrected chi connectivity index (χ3v) is 9.47. The Balaban J connectivity index is 1.66. The number of alkyl halides is 3. The van der Waals surface area contributed by atoms with E-state index < -0.39 is 34.1 Å². The highest BCUT2D eigenvalue weighted by Crippen LogP contribution is 2.60. The van der Waals surface area contributed by atoms with Crippen molar-refractivity contribution in [3.8, 4) is 17.0 Å². The maximum atomic E-state index is 13.4. The molecule has 1 unspecified atom stereocenters. The van der Waals surface area contributed by atoms with Crippen LogP contribution in [0.3, 0.4) is 0 Å². The number of carboxylic acids is 1. The standard InChI is InChI=1S/C32H35F3N4O4/c1-6-43-23-17-19(31(5,42)18-8-7-9-20(16-18)32(33,34)35)10-11-21(23)24-25-26(36)37-14-15-39(25)27(38-24)22-12-13-30(4,28(40)41)29(22,2)3/h7-11,14-17,22,42H,6,12-13H2,1-5H3,(H2,36,37)(H,40,41)/t22-,30+,31?/m0/s1. The lowest BCUT2D eigenvalue weighted by Gasteiger charge is -2.38. The van der Waals surface area contributed by atoms with Crippen LogP contribution < -0.4 is 10.5 Å². The van der Waals surface area contributed by atoms with Crippen LogP contribution in [0.4, 0.5) is 19.0 Å². The first-order valence-corrected chi connectivity index (χ1v) is 14.1. The Hall–Kier alpha value is -4.12. The van der Waals surface area contributed by atoms with Gasteiger partial charge in [0.05, 0.1) is 17.6 Å². The molecular formula is C32H35F3N4O4. The number of benzene rings is 2. The van der Waals surface area contributed by atoms with Crippen LogP contribution >= 0.6 is 0 Å². The molecule has 2 heterocycles. The van der Waals surface area contributed by atoms with E-state index in [1.807, 2.05) is 18.2 Å². The molecular weight excluding hydrogens is 561 g/mol. The molecule has 5 rings (SSSR count). The largest absolute Gasteiger partial charge is 0.493 e. The van der Waals surface area contributed by atoms with E-state index in [2.05, 4.69) is 4.98 Å². The number of ether oxygens (including phenoxy) is 1. The smallest absolute Gasteiger partial charge is 0.416 e. The summed E-state index contributed by atoms with van der Waals surface area (Å²) in [6, 6.07) is 9.51. The maximum Gasteiger partial charge on any atom is 0.416 e. The van der Waals surface area contributed by atoms with Gasteiger partial charge in [0.25, 0.3) is 0 Å². The van der Waals surface area contributed by atoms with Crippen LogP contribution in [0.1, 0.15) is 75.9 Å². The van der Waals surface area contributed by atoms with Gasteiger partial charge in [-0.1, -0.05) is 32.0 Å². The summed E-state index contributed by atoms with van der Waals surface area (Å²) < 4.78 is 48.1. The van der Waals surface area contributed by atoms with E-state index in [0.717, 1.165) is 12.1 Å². The Kier molecular flexibility index (Phi) is 7.24. The number of fused-ring (bicyclic) bond motifs is 1. The molecule has 0 saturated heterocycles. The van der Waals surface area contributed by atoms with Crippen molar-refractivity contribution in [2.45, 2.75) is 65.2 Å². The highest BCUT2D eigenvalue weighted by Gasteiger charge is 2.57. The van der Waals surface area contributed by atoms with Crippen LogP contribution in [-0.4, -0.2) is 37.2 Å². The number of carboxylic acid groups (broad SMARTS) is 1. The van der Waals surface area contributed by atoms with Crippen molar-refractivity contribution in [2.75, 3.05) is 12.3 Å². The molecule has 0 spiro atoms. The average molecular weight is 597 g/mol. The summed E-state index contributed by atoms with van der Waals surface area (Å²) in [6.45, 7) is 9.15. The number of aliphatic carboxylic acids is 1. The lowest BCUT2D eigenvalue weighted by atomic mass is 9.65. The van der Waals surface area contributed by atoms with E-state index in [4.69, 9.17) is 15.5 Å². The molecule has 4 N–H and O–H groups in total. The summed E-state index contributed by atoms with van der Waals surface area (Å²) in [6.07, 6.45) is -0.163. The average Bonchev–Trinajstić information content (AvgIpc) is 3.43. The van der Waals surface area contributed by atoms with E-state index in [-0.39, 0.29) is 23.9 Å². The Morgan fingerprint density at radius 2 is 1.81 bits per heavy atom. The van der Waals surface area contributed by atoms with Crippen LogP contribution in [0.15, 0.2) is 54.9 Å². The van der Waals surface area contributed by atoms with E-state index in [9.17, 15) is 28.2 Å². The predicted molar refractivity (Wildman–Crippen MR) is 156 cm³/mol. The molecule has 2 aromatic carbocycles. The molecule has 228 valence electrons. The quantitative estimate of drug-likeness (QED) is 0.218. The molecule has 1 saturated carbocycles. The van der Waals surface area contributed by atoms with Crippen LogP contribution in [0, 0.1) is 10.8 Å². The summed E-state index contributed by atoms with van der Waals surface area (Å²) in [5, 5.41) is 21.6. The molecule has 4 aromatic rings. The Labute approximate surface area is 247 Å².